The first kappa shape index (κ1) is 14.1. The van der Waals surface area contributed by atoms with Crippen LogP contribution in [-0.2, 0) is 4.79 Å². The van der Waals surface area contributed by atoms with Crippen LogP contribution < -0.4 is 5.32 Å². The molecular weight excluding hydrogens is 254 g/mol. The van der Waals surface area contributed by atoms with E-state index in [0.717, 1.165) is 6.42 Å². The number of nitrogens with zero attached hydrogens (tertiary/aromatic N) is 2. The van der Waals surface area contributed by atoms with Gasteiger partial charge in [-0.2, -0.15) is 5.26 Å². The lowest BCUT2D eigenvalue weighted by Crippen LogP contribution is -2.45. The molecule has 1 aromatic rings. The maximum Gasteiger partial charge on any atom is 0.321 e. The summed E-state index contributed by atoms with van der Waals surface area (Å²) >= 11 is 0. The molecule has 0 aliphatic carbocycles. The van der Waals surface area contributed by atoms with Gasteiger partial charge in [-0.25, -0.2) is 4.79 Å². The van der Waals surface area contributed by atoms with Crippen LogP contribution in [0.1, 0.15) is 25.3 Å². The van der Waals surface area contributed by atoms with Gasteiger partial charge in [-0.1, -0.05) is 6.92 Å². The molecule has 1 atom stereocenters. The number of nitrogens with one attached hydrogen (secondary N) is 1. The Kier molecular flexibility index (Phi) is 4.36. The van der Waals surface area contributed by atoms with Crippen LogP contribution in [0, 0.1) is 17.2 Å². The largest absolute Gasteiger partial charge is 0.323 e. The summed E-state index contributed by atoms with van der Waals surface area (Å²) in [6.07, 6.45) is 1.19. The molecule has 2 rings (SSSR count). The number of carbonyl (C=O) groups is 2. The Hall–Kier alpha value is -2.35. The molecule has 5 nitrogen and oxygen atoms in total. The number of rotatable bonds is 2. The zero-order valence-corrected chi connectivity index (χ0v) is 11.4. The number of amides is 2. The van der Waals surface area contributed by atoms with Crippen LogP contribution in [0.15, 0.2) is 24.3 Å². The van der Waals surface area contributed by atoms with Gasteiger partial charge in [-0.3, -0.25) is 4.79 Å². The van der Waals surface area contributed by atoms with Gasteiger partial charge in [0.2, 0.25) is 0 Å². The standard InChI is InChI=1S/C15H17N3O2/c1-2-12-10-18(8-7-14(12)19)15(20)17-13-5-3-11(9-16)4-6-13/h3-6,12H,2,7-8,10H2,1H3,(H,17,20). The van der Waals surface area contributed by atoms with Gasteiger partial charge in [0.15, 0.2) is 0 Å². The smallest absolute Gasteiger partial charge is 0.321 e. The summed E-state index contributed by atoms with van der Waals surface area (Å²) in [6.45, 7) is 2.92. The molecule has 0 bridgehead atoms. The molecule has 2 amide bonds. The van der Waals surface area contributed by atoms with Crippen molar-refractivity contribution in [3.8, 4) is 6.07 Å². The number of piperidine rings is 1. The first-order valence-electron chi connectivity index (χ1n) is 6.73. The minimum atomic E-state index is -0.194. The summed E-state index contributed by atoms with van der Waals surface area (Å²) in [4.78, 5) is 25.4. The highest BCUT2D eigenvalue weighted by Crippen LogP contribution is 2.17. The highest BCUT2D eigenvalue weighted by atomic mass is 16.2. The van der Waals surface area contributed by atoms with Crippen LogP contribution in [0.25, 0.3) is 0 Å². The van der Waals surface area contributed by atoms with Crippen molar-refractivity contribution in [2.75, 3.05) is 18.4 Å². The Morgan fingerprint density at radius 1 is 1.45 bits per heavy atom. The van der Waals surface area contributed by atoms with Gasteiger partial charge >= 0.3 is 6.03 Å². The van der Waals surface area contributed by atoms with E-state index in [9.17, 15) is 9.59 Å². The molecular formula is C15H17N3O2. The fourth-order valence-corrected chi connectivity index (χ4v) is 2.28. The Balaban J connectivity index is 1.97. The zero-order chi connectivity index (χ0) is 14.5. The van der Waals surface area contributed by atoms with Gasteiger partial charge < -0.3 is 10.2 Å². The molecule has 104 valence electrons. The second-order valence-corrected chi connectivity index (χ2v) is 4.89. The molecule has 1 fully saturated rings. The van der Waals surface area contributed by atoms with Crippen molar-refractivity contribution in [3.63, 3.8) is 0 Å². The first-order chi connectivity index (χ1) is 9.63. The van der Waals surface area contributed by atoms with E-state index < -0.39 is 0 Å². The summed E-state index contributed by atoms with van der Waals surface area (Å²) < 4.78 is 0. The van der Waals surface area contributed by atoms with Gasteiger partial charge in [0.05, 0.1) is 11.6 Å². The van der Waals surface area contributed by atoms with E-state index in [0.29, 0.717) is 30.8 Å². The second-order valence-electron chi connectivity index (χ2n) is 4.89. The van der Waals surface area contributed by atoms with Crippen molar-refractivity contribution in [2.24, 2.45) is 5.92 Å². The van der Waals surface area contributed by atoms with Crippen molar-refractivity contribution >= 4 is 17.5 Å². The lowest BCUT2D eigenvalue weighted by Gasteiger charge is -2.31. The summed E-state index contributed by atoms with van der Waals surface area (Å²) in [5.41, 5.74) is 1.21. The number of carbonyl (C=O) groups excluding carboxylic acids is 2. The summed E-state index contributed by atoms with van der Waals surface area (Å²) in [5, 5.41) is 11.5. The molecule has 1 saturated heterocycles. The van der Waals surface area contributed by atoms with Crippen molar-refractivity contribution < 1.29 is 9.59 Å². The molecule has 0 spiro atoms. The third-order valence-electron chi connectivity index (χ3n) is 3.57. The number of benzene rings is 1. The van der Waals surface area contributed by atoms with Crippen LogP contribution >= 0.6 is 0 Å². The third kappa shape index (κ3) is 3.15. The van der Waals surface area contributed by atoms with Gasteiger partial charge in [0.25, 0.3) is 0 Å². The fraction of sp³-hybridized carbons (Fsp3) is 0.400. The molecule has 0 radical (unpaired) electrons. The molecule has 0 aromatic heterocycles. The molecule has 1 aliphatic heterocycles. The molecule has 1 aliphatic rings. The molecule has 0 saturated carbocycles. The average molecular weight is 271 g/mol. The van der Waals surface area contributed by atoms with Crippen molar-refractivity contribution in [1.29, 1.82) is 5.26 Å². The number of hydrogen-bond donors (Lipinski definition) is 1. The van der Waals surface area contributed by atoms with E-state index >= 15 is 0 Å². The Morgan fingerprint density at radius 2 is 2.15 bits per heavy atom. The normalized spacial score (nSPS) is 18.5. The number of nitriles is 1. The van der Waals surface area contributed by atoms with Crippen molar-refractivity contribution in [3.05, 3.63) is 29.8 Å². The van der Waals surface area contributed by atoms with Crippen molar-refractivity contribution in [1.82, 2.24) is 4.90 Å². The lowest BCUT2D eigenvalue weighted by molar-refractivity contribution is -0.125. The minimum absolute atomic E-state index is 0.0459. The van der Waals surface area contributed by atoms with Crippen LogP contribution in [-0.4, -0.2) is 29.8 Å². The summed E-state index contributed by atoms with van der Waals surface area (Å²) in [6, 6.07) is 8.54. The summed E-state index contributed by atoms with van der Waals surface area (Å²) in [7, 11) is 0. The van der Waals surface area contributed by atoms with Crippen LogP contribution in [0.2, 0.25) is 0 Å². The van der Waals surface area contributed by atoms with Gasteiger partial charge in [-0.15, -0.1) is 0 Å². The van der Waals surface area contributed by atoms with E-state index in [2.05, 4.69) is 5.32 Å². The average Bonchev–Trinajstić information content (AvgIpc) is 2.48. The molecule has 20 heavy (non-hydrogen) atoms. The van der Waals surface area contributed by atoms with Crippen LogP contribution in [0.5, 0.6) is 0 Å². The number of ketones is 1. The predicted octanol–water partition coefficient (Wildman–Crippen LogP) is 2.39. The lowest BCUT2D eigenvalue weighted by atomic mass is 9.94. The molecule has 1 aromatic carbocycles. The maximum atomic E-state index is 12.1. The monoisotopic (exact) mass is 271 g/mol. The SMILES string of the molecule is CCC1CN(C(=O)Nc2ccc(C#N)cc2)CCC1=O. The van der Waals surface area contributed by atoms with E-state index in [-0.39, 0.29) is 17.7 Å². The third-order valence-corrected chi connectivity index (χ3v) is 3.57. The Morgan fingerprint density at radius 3 is 2.75 bits per heavy atom. The molecule has 1 unspecified atom stereocenters. The highest BCUT2D eigenvalue weighted by molar-refractivity contribution is 5.91. The van der Waals surface area contributed by atoms with Crippen molar-refractivity contribution in [2.45, 2.75) is 19.8 Å². The quantitative estimate of drug-likeness (QED) is 0.897. The fourth-order valence-electron chi connectivity index (χ4n) is 2.28. The number of Topliss-reactive ketones (excluding diaryl/α,β-unsaturated/α-hetero) is 1. The van der Waals surface area contributed by atoms with E-state index in [1.165, 1.54) is 0 Å². The Bertz CT molecular complexity index is 545. The minimum Gasteiger partial charge on any atom is -0.323 e. The molecule has 5 heteroatoms. The number of hydrogen-bond acceptors (Lipinski definition) is 3. The van der Waals surface area contributed by atoms with Crippen LogP contribution in [0.3, 0.4) is 0 Å². The molecule has 1 heterocycles. The van der Waals surface area contributed by atoms with E-state index in [1.54, 1.807) is 29.2 Å². The van der Waals surface area contributed by atoms with Gasteiger partial charge in [0.1, 0.15) is 5.78 Å². The Labute approximate surface area is 118 Å². The topological polar surface area (TPSA) is 73.2 Å². The van der Waals surface area contributed by atoms with Crippen LogP contribution in [0.4, 0.5) is 10.5 Å². The van der Waals surface area contributed by atoms with E-state index in [1.807, 2.05) is 13.0 Å². The number of anilines is 1. The van der Waals surface area contributed by atoms with E-state index in [4.69, 9.17) is 5.26 Å². The van der Waals surface area contributed by atoms with Gasteiger partial charge in [-0.05, 0) is 30.7 Å². The summed E-state index contributed by atoms with van der Waals surface area (Å²) in [5.74, 6) is 0.199. The predicted molar refractivity (Wildman–Crippen MR) is 75.2 cm³/mol. The first-order valence-corrected chi connectivity index (χ1v) is 6.73. The molecule has 1 N–H and O–H groups in total. The second kappa shape index (κ2) is 6.20. The number of likely N-dealkylation sites (tertiary alicyclic amines) is 1. The maximum absolute atomic E-state index is 12.1. The number of urea groups is 1. The van der Waals surface area contributed by atoms with Gasteiger partial charge in [0, 0.05) is 31.1 Å². The highest BCUT2D eigenvalue weighted by Gasteiger charge is 2.28. The zero-order valence-electron chi connectivity index (χ0n) is 11.4.